The van der Waals surface area contributed by atoms with Crippen molar-refractivity contribution in [2.45, 2.75) is 6.92 Å². The molecule has 0 saturated carbocycles. The third kappa shape index (κ3) is 2.54. The van der Waals surface area contributed by atoms with Crippen molar-refractivity contribution in [3.8, 4) is 22.6 Å². The normalized spacial score (nSPS) is 10.3. The van der Waals surface area contributed by atoms with Gasteiger partial charge in [0.05, 0.1) is 14.2 Å². The SMILES string of the molecule is COc1ccc(-c2cc(N)ccc2C)c(OC)c1Br. The van der Waals surface area contributed by atoms with Gasteiger partial charge in [0.25, 0.3) is 0 Å². The Labute approximate surface area is 121 Å². The zero-order chi connectivity index (χ0) is 14.0. The third-order valence-corrected chi connectivity index (χ3v) is 3.79. The molecule has 4 heteroatoms. The molecule has 0 fully saturated rings. The quantitative estimate of drug-likeness (QED) is 0.868. The third-order valence-electron chi connectivity index (χ3n) is 3.04. The summed E-state index contributed by atoms with van der Waals surface area (Å²) in [6, 6.07) is 9.73. The minimum absolute atomic E-state index is 0.731. The standard InChI is InChI=1S/C15H16BrNO2/c1-9-4-5-10(17)8-12(9)11-6-7-13(18-2)14(16)15(11)19-3/h4-8H,17H2,1-3H3. The van der Waals surface area contributed by atoms with Gasteiger partial charge in [-0.3, -0.25) is 0 Å². The highest BCUT2D eigenvalue weighted by molar-refractivity contribution is 9.10. The number of hydrogen-bond donors (Lipinski definition) is 1. The second-order valence-electron chi connectivity index (χ2n) is 4.24. The summed E-state index contributed by atoms with van der Waals surface area (Å²) in [7, 11) is 3.27. The Morgan fingerprint density at radius 1 is 1.00 bits per heavy atom. The highest BCUT2D eigenvalue weighted by Gasteiger charge is 2.15. The van der Waals surface area contributed by atoms with E-state index in [0.717, 1.165) is 38.3 Å². The molecule has 0 radical (unpaired) electrons. The molecule has 2 aromatic rings. The zero-order valence-electron chi connectivity index (χ0n) is 11.2. The number of methoxy groups -OCH3 is 2. The summed E-state index contributed by atoms with van der Waals surface area (Å²) in [5, 5.41) is 0. The number of ether oxygens (including phenoxy) is 2. The number of nitrogen functional groups attached to an aromatic ring is 1. The van der Waals surface area contributed by atoms with Crippen LogP contribution in [0.2, 0.25) is 0 Å². The summed E-state index contributed by atoms with van der Waals surface area (Å²) in [6.45, 7) is 2.05. The van der Waals surface area contributed by atoms with Crippen LogP contribution in [-0.4, -0.2) is 14.2 Å². The summed E-state index contributed by atoms with van der Waals surface area (Å²) < 4.78 is 11.6. The van der Waals surface area contributed by atoms with E-state index < -0.39 is 0 Å². The highest BCUT2D eigenvalue weighted by atomic mass is 79.9. The van der Waals surface area contributed by atoms with Gasteiger partial charge >= 0.3 is 0 Å². The molecule has 0 amide bonds. The molecule has 0 aliphatic carbocycles. The van der Waals surface area contributed by atoms with Crippen LogP contribution < -0.4 is 15.2 Å². The van der Waals surface area contributed by atoms with Crippen LogP contribution in [0.15, 0.2) is 34.8 Å². The molecular weight excluding hydrogens is 306 g/mol. The number of halogens is 1. The van der Waals surface area contributed by atoms with Crippen molar-refractivity contribution in [3.63, 3.8) is 0 Å². The smallest absolute Gasteiger partial charge is 0.144 e. The lowest BCUT2D eigenvalue weighted by atomic mass is 9.99. The maximum Gasteiger partial charge on any atom is 0.144 e. The number of aryl methyl sites for hydroxylation is 1. The summed E-state index contributed by atoms with van der Waals surface area (Å²) in [5.41, 5.74) is 9.79. The lowest BCUT2D eigenvalue weighted by Gasteiger charge is -2.15. The van der Waals surface area contributed by atoms with Crippen molar-refractivity contribution in [2.75, 3.05) is 20.0 Å². The van der Waals surface area contributed by atoms with Gasteiger partial charge in [-0.25, -0.2) is 0 Å². The van der Waals surface area contributed by atoms with Gasteiger partial charge in [-0.1, -0.05) is 6.07 Å². The Kier molecular flexibility index (Phi) is 4.00. The number of rotatable bonds is 3. The van der Waals surface area contributed by atoms with Gasteiger partial charge in [-0.05, 0) is 58.2 Å². The lowest BCUT2D eigenvalue weighted by molar-refractivity contribution is 0.390. The molecule has 0 unspecified atom stereocenters. The predicted octanol–water partition coefficient (Wildman–Crippen LogP) is 4.02. The molecule has 0 heterocycles. The van der Waals surface area contributed by atoms with Crippen molar-refractivity contribution in [3.05, 3.63) is 40.4 Å². The minimum atomic E-state index is 0.731. The summed E-state index contributed by atoms with van der Waals surface area (Å²) in [5.74, 6) is 1.48. The fourth-order valence-corrected chi connectivity index (χ4v) is 2.71. The molecule has 100 valence electrons. The van der Waals surface area contributed by atoms with Gasteiger partial charge in [0.2, 0.25) is 0 Å². The molecule has 0 bridgehead atoms. The first-order chi connectivity index (χ1) is 9.08. The molecule has 0 aromatic heterocycles. The second-order valence-corrected chi connectivity index (χ2v) is 5.03. The van der Waals surface area contributed by atoms with Crippen molar-refractivity contribution >= 4 is 21.6 Å². The molecule has 3 nitrogen and oxygen atoms in total. The summed E-state index contributed by atoms with van der Waals surface area (Å²) in [4.78, 5) is 0. The minimum Gasteiger partial charge on any atom is -0.495 e. The van der Waals surface area contributed by atoms with E-state index in [1.54, 1.807) is 14.2 Å². The van der Waals surface area contributed by atoms with Crippen molar-refractivity contribution in [2.24, 2.45) is 0 Å². The van der Waals surface area contributed by atoms with E-state index in [4.69, 9.17) is 15.2 Å². The van der Waals surface area contributed by atoms with Crippen LogP contribution in [0.3, 0.4) is 0 Å². The lowest BCUT2D eigenvalue weighted by Crippen LogP contribution is -1.95. The van der Waals surface area contributed by atoms with E-state index in [2.05, 4.69) is 15.9 Å². The average molecular weight is 322 g/mol. The number of nitrogens with two attached hydrogens (primary N) is 1. The van der Waals surface area contributed by atoms with Crippen LogP contribution in [-0.2, 0) is 0 Å². The van der Waals surface area contributed by atoms with E-state index in [0.29, 0.717) is 0 Å². The van der Waals surface area contributed by atoms with E-state index >= 15 is 0 Å². The topological polar surface area (TPSA) is 44.5 Å². The van der Waals surface area contributed by atoms with Gasteiger partial charge < -0.3 is 15.2 Å². The van der Waals surface area contributed by atoms with E-state index in [1.165, 1.54) is 0 Å². The zero-order valence-corrected chi connectivity index (χ0v) is 12.7. The average Bonchev–Trinajstić information content (AvgIpc) is 2.41. The molecule has 2 rings (SSSR count). The number of hydrogen-bond acceptors (Lipinski definition) is 3. The first-order valence-electron chi connectivity index (χ1n) is 5.85. The highest BCUT2D eigenvalue weighted by Crippen LogP contribution is 2.43. The van der Waals surface area contributed by atoms with E-state index in [9.17, 15) is 0 Å². The summed E-state index contributed by atoms with van der Waals surface area (Å²) >= 11 is 3.51. The van der Waals surface area contributed by atoms with Gasteiger partial charge in [0, 0.05) is 11.3 Å². The first kappa shape index (κ1) is 13.7. The number of benzene rings is 2. The van der Waals surface area contributed by atoms with Gasteiger partial charge in [0.15, 0.2) is 0 Å². The molecule has 0 aliphatic heterocycles. The molecule has 0 atom stereocenters. The Hall–Kier alpha value is -1.68. The Balaban J connectivity index is 2.68. The maximum absolute atomic E-state index is 5.87. The largest absolute Gasteiger partial charge is 0.495 e. The Bertz CT molecular complexity index is 611. The molecular formula is C15H16BrNO2. The molecule has 2 aromatic carbocycles. The van der Waals surface area contributed by atoms with Gasteiger partial charge in [0.1, 0.15) is 16.0 Å². The fraction of sp³-hybridized carbons (Fsp3) is 0.200. The molecule has 0 saturated heterocycles. The Morgan fingerprint density at radius 2 is 1.74 bits per heavy atom. The van der Waals surface area contributed by atoms with E-state index in [-0.39, 0.29) is 0 Å². The monoisotopic (exact) mass is 321 g/mol. The van der Waals surface area contributed by atoms with Crippen LogP contribution in [0.5, 0.6) is 11.5 Å². The van der Waals surface area contributed by atoms with Crippen LogP contribution in [0.1, 0.15) is 5.56 Å². The number of anilines is 1. The van der Waals surface area contributed by atoms with E-state index in [1.807, 2.05) is 37.3 Å². The molecule has 0 aliphatic rings. The van der Waals surface area contributed by atoms with Crippen LogP contribution in [0, 0.1) is 6.92 Å². The molecule has 2 N–H and O–H groups in total. The van der Waals surface area contributed by atoms with Crippen LogP contribution in [0.4, 0.5) is 5.69 Å². The second kappa shape index (κ2) is 5.53. The van der Waals surface area contributed by atoms with Crippen molar-refractivity contribution < 1.29 is 9.47 Å². The first-order valence-corrected chi connectivity index (χ1v) is 6.64. The van der Waals surface area contributed by atoms with Gasteiger partial charge in [-0.2, -0.15) is 0 Å². The maximum atomic E-state index is 5.87. The predicted molar refractivity (Wildman–Crippen MR) is 81.8 cm³/mol. The van der Waals surface area contributed by atoms with Crippen LogP contribution in [0.25, 0.3) is 11.1 Å². The van der Waals surface area contributed by atoms with Crippen molar-refractivity contribution in [1.29, 1.82) is 0 Å². The van der Waals surface area contributed by atoms with Crippen molar-refractivity contribution in [1.82, 2.24) is 0 Å². The Morgan fingerprint density at radius 3 is 2.37 bits per heavy atom. The fourth-order valence-electron chi connectivity index (χ4n) is 2.04. The van der Waals surface area contributed by atoms with Crippen LogP contribution >= 0.6 is 15.9 Å². The summed E-state index contributed by atoms with van der Waals surface area (Å²) in [6.07, 6.45) is 0. The molecule has 0 spiro atoms. The van der Waals surface area contributed by atoms with Gasteiger partial charge in [-0.15, -0.1) is 0 Å². The molecule has 19 heavy (non-hydrogen) atoms.